The Morgan fingerprint density at radius 1 is 0.720 bits per heavy atom. The number of amides is 3. The van der Waals surface area contributed by atoms with Crippen molar-refractivity contribution in [3.63, 3.8) is 0 Å². The van der Waals surface area contributed by atoms with Crippen LogP contribution in [0.3, 0.4) is 0 Å². The molecule has 0 saturated carbocycles. The van der Waals surface area contributed by atoms with Crippen molar-refractivity contribution in [2.75, 3.05) is 4.90 Å². The van der Waals surface area contributed by atoms with Gasteiger partial charge >= 0.3 is 6.03 Å². The van der Waals surface area contributed by atoms with Crippen LogP contribution in [-0.4, -0.2) is 11.9 Å². The molecule has 0 unspecified atom stereocenters. The zero-order chi connectivity index (χ0) is 17.5. The first kappa shape index (κ1) is 16.3. The van der Waals surface area contributed by atoms with Gasteiger partial charge in [0.2, 0.25) is 0 Å². The van der Waals surface area contributed by atoms with Gasteiger partial charge in [-0.15, -0.1) is 0 Å². The number of carbonyl (C=O) groups is 2. The van der Waals surface area contributed by atoms with E-state index in [0.717, 1.165) is 4.90 Å². The largest absolute Gasteiger partial charge is 0.378 e. The summed E-state index contributed by atoms with van der Waals surface area (Å²) >= 11 is 0. The number of rotatable bonds is 4. The summed E-state index contributed by atoms with van der Waals surface area (Å²) < 4.78 is 0. The highest BCUT2D eigenvalue weighted by Gasteiger charge is 2.25. The van der Waals surface area contributed by atoms with Crippen LogP contribution in [-0.2, 0) is 0 Å². The topological polar surface area (TPSA) is 58.6 Å². The first-order valence-corrected chi connectivity index (χ1v) is 7.72. The van der Waals surface area contributed by atoms with Crippen LogP contribution in [0.15, 0.2) is 91.0 Å². The highest BCUT2D eigenvalue weighted by Crippen LogP contribution is 2.17. The molecule has 124 valence electrons. The van der Waals surface area contributed by atoms with Gasteiger partial charge in [0.05, 0.1) is 5.69 Å². The number of anilines is 1. The first-order chi connectivity index (χ1) is 12.3. The third-order valence-electron chi connectivity index (χ3n) is 3.44. The van der Waals surface area contributed by atoms with Crippen molar-refractivity contribution < 1.29 is 14.4 Å². The van der Waals surface area contributed by atoms with Gasteiger partial charge < -0.3 is 4.84 Å². The minimum absolute atomic E-state index is 0.404. The third-order valence-corrected chi connectivity index (χ3v) is 3.44. The standard InChI is InChI=1S/C20H16N2O3/c23-19(16-10-4-1-5-11-16)22(17-12-6-2-7-13-17)20(24)21-25-18-14-8-3-9-15-18/h1-15H,(H,21,24). The Kier molecular flexibility index (Phi) is 5.07. The van der Waals surface area contributed by atoms with Crippen LogP contribution >= 0.6 is 0 Å². The van der Waals surface area contributed by atoms with E-state index in [1.165, 1.54) is 0 Å². The number of carbonyl (C=O) groups excluding carboxylic acids is 2. The highest BCUT2D eigenvalue weighted by molar-refractivity contribution is 6.20. The maximum Gasteiger partial charge on any atom is 0.362 e. The normalized spacial score (nSPS) is 9.92. The predicted octanol–water partition coefficient (Wildman–Crippen LogP) is 4.04. The second kappa shape index (κ2) is 7.79. The maximum atomic E-state index is 12.8. The van der Waals surface area contributed by atoms with Crippen molar-refractivity contribution in [2.45, 2.75) is 0 Å². The van der Waals surface area contributed by atoms with Crippen molar-refractivity contribution in [3.8, 4) is 5.75 Å². The third kappa shape index (κ3) is 4.03. The molecular weight excluding hydrogens is 316 g/mol. The van der Waals surface area contributed by atoms with Crippen molar-refractivity contribution in [1.29, 1.82) is 0 Å². The van der Waals surface area contributed by atoms with Crippen LogP contribution in [0.5, 0.6) is 5.75 Å². The molecule has 0 aromatic heterocycles. The lowest BCUT2D eigenvalue weighted by molar-refractivity contribution is 0.0984. The van der Waals surface area contributed by atoms with Crippen molar-refractivity contribution in [3.05, 3.63) is 96.6 Å². The van der Waals surface area contributed by atoms with Gasteiger partial charge in [-0.25, -0.2) is 9.69 Å². The Bertz CT molecular complexity index is 837. The zero-order valence-electron chi connectivity index (χ0n) is 13.3. The Labute approximate surface area is 145 Å². The van der Waals surface area contributed by atoms with Crippen molar-refractivity contribution in [1.82, 2.24) is 5.48 Å². The molecular formula is C20H16N2O3. The van der Waals surface area contributed by atoms with Gasteiger partial charge in [-0.1, -0.05) is 54.6 Å². The Hall–Kier alpha value is -3.60. The number of urea groups is 1. The molecule has 0 heterocycles. The van der Waals surface area contributed by atoms with Gasteiger partial charge in [0.1, 0.15) is 0 Å². The molecule has 25 heavy (non-hydrogen) atoms. The van der Waals surface area contributed by atoms with Gasteiger partial charge in [0.15, 0.2) is 5.75 Å². The van der Waals surface area contributed by atoms with E-state index in [4.69, 9.17) is 4.84 Å². The van der Waals surface area contributed by atoms with Gasteiger partial charge in [0.25, 0.3) is 5.91 Å². The van der Waals surface area contributed by atoms with Gasteiger partial charge in [-0.05, 0) is 36.4 Å². The van der Waals surface area contributed by atoms with Crippen LogP contribution in [0.25, 0.3) is 0 Å². The quantitative estimate of drug-likeness (QED) is 0.734. The minimum atomic E-state index is -0.677. The van der Waals surface area contributed by atoms with Gasteiger partial charge in [-0.2, -0.15) is 5.48 Å². The fraction of sp³-hybridized carbons (Fsp3) is 0. The number of para-hydroxylation sites is 2. The SMILES string of the molecule is O=C(NOc1ccccc1)N(C(=O)c1ccccc1)c1ccccc1. The molecule has 3 amide bonds. The Balaban J connectivity index is 1.83. The van der Waals surface area contributed by atoms with Crippen LogP contribution in [0.2, 0.25) is 0 Å². The molecule has 0 aliphatic heterocycles. The van der Waals surface area contributed by atoms with E-state index in [0.29, 0.717) is 17.0 Å². The second-order valence-corrected chi connectivity index (χ2v) is 5.16. The molecule has 3 rings (SSSR count). The zero-order valence-corrected chi connectivity index (χ0v) is 13.3. The molecule has 3 aromatic rings. The van der Waals surface area contributed by atoms with Crippen LogP contribution in [0.4, 0.5) is 10.5 Å². The van der Waals surface area contributed by atoms with Gasteiger partial charge in [0, 0.05) is 5.56 Å². The fourth-order valence-electron chi connectivity index (χ4n) is 2.25. The molecule has 1 N–H and O–H groups in total. The van der Waals surface area contributed by atoms with E-state index < -0.39 is 11.9 Å². The van der Waals surface area contributed by atoms with E-state index >= 15 is 0 Å². The Morgan fingerprint density at radius 2 is 1.24 bits per heavy atom. The average Bonchev–Trinajstić information content (AvgIpc) is 2.69. The van der Waals surface area contributed by atoms with Crippen LogP contribution < -0.4 is 15.2 Å². The van der Waals surface area contributed by atoms with E-state index in [-0.39, 0.29) is 0 Å². The molecule has 0 fully saturated rings. The lowest BCUT2D eigenvalue weighted by atomic mass is 10.2. The number of nitrogens with one attached hydrogen (secondary N) is 1. The van der Waals surface area contributed by atoms with Crippen molar-refractivity contribution >= 4 is 17.6 Å². The molecule has 3 aromatic carbocycles. The molecule has 0 spiro atoms. The molecule has 0 aliphatic carbocycles. The lowest BCUT2D eigenvalue weighted by Gasteiger charge is -2.21. The fourth-order valence-corrected chi connectivity index (χ4v) is 2.25. The Morgan fingerprint density at radius 3 is 1.84 bits per heavy atom. The molecule has 0 radical (unpaired) electrons. The average molecular weight is 332 g/mol. The molecule has 5 heteroatoms. The molecule has 0 bridgehead atoms. The summed E-state index contributed by atoms with van der Waals surface area (Å²) in [6, 6.07) is 25.4. The van der Waals surface area contributed by atoms with Crippen LogP contribution in [0, 0.1) is 0 Å². The summed E-state index contributed by atoms with van der Waals surface area (Å²) in [5.41, 5.74) is 3.17. The summed E-state index contributed by atoms with van der Waals surface area (Å²) in [5.74, 6) is 0.0250. The maximum absolute atomic E-state index is 12.8. The number of nitrogens with zero attached hydrogens (tertiary/aromatic N) is 1. The van der Waals surface area contributed by atoms with E-state index in [2.05, 4.69) is 5.48 Å². The second-order valence-electron chi connectivity index (χ2n) is 5.16. The molecule has 5 nitrogen and oxygen atoms in total. The summed E-state index contributed by atoms with van der Waals surface area (Å²) in [5, 5.41) is 0. The predicted molar refractivity (Wildman–Crippen MR) is 95.3 cm³/mol. The summed E-state index contributed by atoms with van der Waals surface area (Å²) in [6.45, 7) is 0. The van der Waals surface area contributed by atoms with Gasteiger partial charge in [-0.3, -0.25) is 4.79 Å². The van der Waals surface area contributed by atoms with Crippen molar-refractivity contribution in [2.24, 2.45) is 0 Å². The number of imide groups is 1. The van der Waals surface area contributed by atoms with E-state index in [9.17, 15) is 9.59 Å². The summed E-state index contributed by atoms with van der Waals surface area (Å²) in [6.07, 6.45) is 0. The summed E-state index contributed by atoms with van der Waals surface area (Å²) in [4.78, 5) is 31.7. The van der Waals surface area contributed by atoms with E-state index in [1.54, 1.807) is 72.8 Å². The number of hydrogen-bond donors (Lipinski definition) is 1. The number of hydroxylamine groups is 1. The van der Waals surface area contributed by atoms with Crippen LogP contribution in [0.1, 0.15) is 10.4 Å². The summed E-state index contributed by atoms with van der Waals surface area (Å²) in [7, 11) is 0. The smallest absolute Gasteiger partial charge is 0.362 e. The van der Waals surface area contributed by atoms with E-state index in [1.807, 2.05) is 18.2 Å². The highest BCUT2D eigenvalue weighted by atomic mass is 16.7. The lowest BCUT2D eigenvalue weighted by Crippen LogP contribution is -2.45. The molecule has 0 aliphatic rings. The number of benzene rings is 3. The molecule has 0 saturated heterocycles. The molecule has 0 atom stereocenters. The number of hydrogen-bond acceptors (Lipinski definition) is 3. The minimum Gasteiger partial charge on any atom is -0.378 e. The monoisotopic (exact) mass is 332 g/mol. The first-order valence-electron chi connectivity index (χ1n) is 7.72.